The minimum absolute atomic E-state index is 0.846. The molecule has 0 spiro atoms. The van der Waals surface area contributed by atoms with Crippen LogP contribution in [-0.4, -0.2) is 23.4 Å². The summed E-state index contributed by atoms with van der Waals surface area (Å²) in [6, 6.07) is 0. The van der Waals surface area contributed by atoms with Crippen LogP contribution in [0.5, 0.6) is 0 Å². The van der Waals surface area contributed by atoms with E-state index in [0.717, 1.165) is 5.92 Å². The lowest BCUT2D eigenvalue weighted by atomic mass is 9.88. The van der Waals surface area contributed by atoms with Gasteiger partial charge in [0.25, 0.3) is 0 Å². The Morgan fingerprint density at radius 1 is 1.25 bits per heavy atom. The van der Waals surface area contributed by atoms with E-state index in [0.29, 0.717) is 0 Å². The molecule has 66 valence electrons. The van der Waals surface area contributed by atoms with Gasteiger partial charge in [0.2, 0.25) is 0 Å². The van der Waals surface area contributed by atoms with Gasteiger partial charge < -0.3 is 0 Å². The summed E-state index contributed by atoms with van der Waals surface area (Å²) in [5.74, 6) is 0.846. The first-order chi connectivity index (χ1) is 5.88. The van der Waals surface area contributed by atoms with Crippen LogP contribution in [0.1, 0.15) is 32.6 Å². The number of hydrogen-bond donors (Lipinski definition) is 0. The van der Waals surface area contributed by atoms with E-state index in [1.165, 1.54) is 38.8 Å². The van der Waals surface area contributed by atoms with Gasteiger partial charge >= 0.3 is 0 Å². The summed E-state index contributed by atoms with van der Waals surface area (Å²) in [6.45, 7) is 4.71. The molecule has 0 radical (unpaired) electrons. The van der Waals surface area contributed by atoms with Gasteiger partial charge in [0.15, 0.2) is 18.8 Å². The molecule has 0 aromatic carbocycles. The van der Waals surface area contributed by atoms with Gasteiger partial charge in [0, 0.05) is 12.3 Å². The zero-order chi connectivity index (χ0) is 8.39. The summed E-state index contributed by atoms with van der Waals surface area (Å²) < 4.78 is 2.55. The van der Waals surface area contributed by atoms with Crippen molar-refractivity contribution < 1.29 is 4.58 Å². The molecule has 12 heavy (non-hydrogen) atoms. The number of hydrogen-bond acceptors (Lipinski definition) is 0. The fraction of sp³-hybridized carbons (Fsp3) is 0.727. The van der Waals surface area contributed by atoms with Gasteiger partial charge in [-0.15, -0.1) is 0 Å². The summed E-state index contributed by atoms with van der Waals surface area (Å²) >= 11 is 0. The van der Waals surface area contributed by atoms with Crippen molar-refractivity contribution in [3.8, 4) is 0 Å². The lowest BCUT2D eigenvalue weighted by Gasteiger charge is -2.18. The quantitative estimate of drug-likeness (QED) is 0.381. The highest BCUT2D eigenvalue weighted by atomic mass is 15.0. The molecular formula is C11H18N+. The highest BCUT2D eigenvalue weighted by Crippen LogP contribution is 2.21. The average molecular weight is 164 g/mol. The van der Waals surface area contributed by atoms with E-state index in [1.807, 2.05) is 0 Å². The minimum Gasteiger partial charge on any atom is -0.229 e. The van der Waals surface area contributed by atoms with Crippen molar-refractivity contribution in [2.75, 3.05) is 13.1 Å². The van der Waals surface area contributed by atoms with Crippen molar-refractivity contribution in [1.82, 2.24) is 0 Å². The van der Waals surface area contributed by atoms with Gasteiger partial charge in [-0.1, -0.05) is 13.3 Å². The predicted molar refractivity (Wildman–Crippen MR) is 51.8 cm³/mol. The third-order valence-corrected chi connectivity index (χ3v) is 3.11. The summed E-state index contributed by atoms with van der Waals surface area (Å²) in [7, 11) is 0. The first kappa shape index (κ1) is 8.03. The Hall–Kier alpha value is -0.590. The van der Waals surface area contributed by atoms with Crippen LogP contribution in [0.15, 0.2) is 12.2 Å². The molecule has 2 aliphatic rings. The van der Waals surface area contributed by atoms with Gasteiger partial charge in [0.1, 0.15) is 0 Å². The Labute approximate surface area is 74.8 Å². The van der Waals surface area contributed by atoms with Crippen LogP contribution in [0.2, 0.25) is 0 Å². The Kier molecular flexibility index (Phi) is 2.29. The van der Waals surface area contributed by atoms with E-state index in [9.17, 15) is 0 Å². The van der Waals surface area contributed by atoms with Crippen LogP contribution in [0.3, 0.4) is 0 Å². The highest BCUT2D eigenvalue weighted by molar-refractivity contribution is 5.82. The monoisotopic (exact) mass is 164 g/mol. The summed E-state index contributed by atoms with van der Waals surface area (Å²) in [5, 5.41) is 0. The van der Waals surface area contributed by atoms with Gasteiger partial charge in [-0.2, -0.15) is 0 Å². The highest BCUT2D eigenvalue weighted by Gasteiger charge is 2.24. The third-order valence-electron chi connectivity index (χ3n) is 3.11. The van der Waals surface area contributed by atoms with Crippen molar-refractivity contribution in [2.45, 2.75) is 32.6 Å². The lowest BCUT2D eigenvalue weighted by molar-refractivity contribution is -0.503. The molecule has 1 nitrogen and oxygen atoms in total. The Balaban J connectivity index is 2.13. The number of nitrogens with zero attached hydrogens (tertiary/aromatic N) is 1. The van der Waals surface area contributed by atoms with E-state index < -0.39 is 0 Å². The van der Waals surface area contributed by atoms with Crippen LogP contribution in [0.25, 0.3) is 0 Å². The molecule has 0 bridgehead atoms. The SMILES string of the molecule is CC1CCCCC1=[N+]1CC=CC1. The van der Waals surface area contributed by atoms with Gasteiger partial charge in [0.05, 0.1) is 0 Å². The van der Waals surface area contributed by atoms with E-state index in [-0.39, 0.29) is 0 Å². The molecular weight excluding hydrogens is 146 g/mol. The topological polar surface area (TPSA) is 3.01 Å². The van der Waals surface area contributed by atoms with Crippen LogP contribution >= 0.6 is 0 Å². The molecule has 1 heterocycles. The van der Waals surface area contributed by atoms with E-state index >= 15 is 0 Å². The van der Waals surface area contributed by atoms with Crippen LogP contribution in [-0.2, 0) is 0 Å². The van der Waals surface area contributed by atoms with Crippen LogP contribution in [0, 0.1) is 5.92 Å². The van der Waals surface area contributed by atoms with Crippen molar-refractivity contribution in [3.05, 3.63) is 12.2 Å². The smallest absolute Gasteiger partial charge is 0.161 e. The Morgan fingerprint density at radius 2 is 2.00 bits per heavy atom. The second-order valence-corrected chi connectivity index (χ2v) is 4.01. The second kappa shape index (κ2) is 3.42. The first-order valence-electron chi connectivity index (χ1n) is 5.13. The van der Waals surface area contributed by atoms with Crippen molar-refractivity contribution in [2.24, 2.45) is 5.92 Å². The molecule has 0 aromatic rings. The zero-order valence-electron chi connectivity index (χ0n) is 7.92. The summed E-state index contributed by atoms with van der Waals surface area (Å²) in [4.78, 5) is 0. The van der Waals surface area contributed by atoms with E-state index in [4.69, 9.17) is 0 Å². The molecule has 1 saturated carbocycles. The third kappa shape index (κ3) is 1.45. The second-order valence-electron chi connectivity index (χ2n) is 4.01. The van der Waals surface area contributed by atoms with Gasteiger partial charge in [-0.3, -0.25) is 0 Å². The van der Waals surface area contributed by atoms with E-state index in [2.05, 4.69) is 23.7 Å². The predicted octanol–water partition coefficient (Wildman–Crippen LogP) is 2.22. The largest absolute Gasteiger partial charge is 0.229 e. The average Bonchev–Trinajstić information content (AvgIpc) is 2.57. The van der Waals surface area contributed by atoms with Gasteiger partial charge in [-0.05, 0) is 25.0 Å². The zero-order valence-corrected chi connectivity index (χ0v) is 7.92. The molecule has 1 aliphatic carbocycles. The van der Waals surface area contributed by atoms with Crippen LogP contribution in [0.4, 0.5) is 0 Å². The van der Waals surface area contributed by atoms with Crippen molar-refractivity contribution in [1.29, 1.82) is 0 Å². The molecule has 1 aliphatic heterocycles. The maximum atomic E-state index is 2.55. The maximum Gasteiger partial charge on any atom is 0.161 e. The van der Waals surface area contributed by atoms with Crippen molar-refractivity contribution >= 4 is 5.71 Å². The molecule has 1 heteroatoms. The van der Waals surface area contributed by atoms with Crippen LogP contribution < -0.4 is 0 Å². The normalized spacial score (nSPS) is 29.9. The van der Waals surface area contributed by atoms with Crippen molar-refractivity contribution in [3.63, 3.8) is 0 Å². The maximum absolute atomic E-state index is 2.55. The Bertz CT molecular complexity index is 215. The standard InChI is InChI=1S/C11H18N/c1-10-6-2-3-7-11(10)12-8-4-5-9-12/h4-5,10H,2-3,6-9H2,1H3/q+1. The molecule has 2 rings (SSSR count). The molecule has 0 saturated heterocycles. The fourth-order valence-electron chi connectivity index (χ4n) is 2.35. The summed E-state index contributed by atoms with van der Waals surface area (Å²) in [5.41, 5.74) is 1.71. The van der Waals surface area contributed by atoms with Gasteiger partial charge in [-0.25, -0.2) is 4.58 Å². The Morgan fingerprint density at radius 3 is 2.67 bits per heavy atom. The molecule has 1 unspecified atom stereocenters. The fourth-order valence-corrected chi connectivity index (χ4v) is 2.35. The molecule has 0 aromatic heterocycles. The lowest BCUT2D eigenvalue weighted by Crippen LogP contribution is -2.27. The molecule has 0 N–H and O–H groups in total. The number of rotatable bonds is 0. The molecule has 0 amide bonds. The molecule has 1 fully saturated rings. The van der Waals surface area contributed by atoms with E-state index in [1.54, 1.807) is 5.71 Å². The minimum atomic E-state index is 0.846. The summed E-state index contributed by atoms with van der Waals surface area (Å²) in [6.07, 6.45) is 10.2. The molecule has 1 atom stereocenters. The first-order valence-corrected chi connectivity index (χ1v) is 5.13.